The van der Waals surface area contributed by atoms with Crippen LogP contribution in [0.3, 0.4) is 0 Å². The fraction of sp³-hybridized carbons (Fsp3) is 0.630. The van der Waals surface area contributed by atoms with E-state index >= 15 is 0 Å². The fourth-order valence-corrected chi connectivity index (χ4v) is 4.71. The number of unbranched alkanes of at least 4 members (excludes halogenated alkanes) is 1. The number of aromatic nitrogens is 2. The highest BCUT2D eigenvalue weighted by Gasteiger charge is 2.28. The quantitative estimate of drug-likeness (QED) is 0.461. The highest BCUT2D eigenvalue weighted by atomic mass is 19.1. The minimum atomic E-state index is -0.255. The smallest absolute Gasteiger partial charge is 0.222 e. The summed E-state index contributed by atoms with van der Waals surface area (Å²) in [4.78, 5) is 20.0. The minimum Gasteiger partial charge on any atom is -0.354 e. The van der Waals surface area contributed by atoms with E-state index in [4.69, 9.17) is 5.10 Å². The molecular weight excluding hydrogens is 429 g/mol. The maximum absolute atomic E-state index is 13.7. The molecular formula is C27H42FN5O. The van der Waals surface area contributed by atoms with Gasteiger partial charge in [0.1, 0.15) is 11.6 Å². The Balaban J connectivity index is 2.02. The van der Waals surface area contributed by atoms with Gasteiger partial charge in [-0.1, -0.05) is 27.2 Å². The maximum atomic E-state index is 13.7. The molecule has 2 aromatic rings. The molecule has 0 aliphatic carbocycles. The lowest BCUT2D eigenvalue weighted by Crippen LogP contribution is -2.49. The molecule has 6 nitrogen and oxygen atoms in total. The summed E-state index contributed by atoms with van der Waals surface area (Å²) in [6.07, 6.45) is 4.23. The number of halogens is 1. The van der Waals surface area contributed by atoms with Crippen molar-refractivity contribution in [2.45, 2.75) is 79.3 Å². The molecule has 0 unspecified atom stereocenters. The number of rotatable bonds is 11. The topological polar surface area (TPSA) is 44.6 Å². The molecule has 1 fully saturated rings. The summed E-state index contributed by atoms with van der Waals surface area (Å²) in [7, 11) is 0. The Morgan fingerprint density at radius 3 is 2.29 bits per heavy atom. The zero-order valence-corrected chi connectivity index (χ0v) is 21.7. The first-order chi connectivity index (χ1) is 16.4. The van der Waals surface area contributed by atoms with Gasteiger partial charge in [0.2, 0.25) is 5.91 Å². The van der Waals surface area contributed by atoms with Crippen LogP contribution in [0, 0.1) is 5.82 Å². The second-order valence-corrected chi connectivity index (χ2v) is 9.53. The van der Waals surface area contributed by atoms with Crippen LogP contribution >= 0.6 is 0 Å². The number of amides is 1. The van der Waals surface area contributed by atoms with E-state index in [2.05, 4.69) is 44.4 Å². The number of carbonyl (C=O) groups excluding carboxylic acids is 1. The number of benzene rings is 1. The Labute approximate surface area is 204 Å². The average Bonchev–Trinajstić information content (AvgIpc) is 3.20. The van der Waals surface area contributed by atoms with Gasteiger partial charge in [-0.3, -0.25) is 9.69 Å². The van der Waals surface area contributed by atoms with Crippen LogP contribution in [0.4, 0.5) is 10.2 Å². The third-order valence-electron chi connectivity index (χ3n) is 6.73. The molecule has 1 aliphatic rings. The first-order valence-corrected chi connectivity index (χ1v) is 13.0. The molecule has 0 atom stereocenters. The Kier molecular flexibility index (Phi) is 9.51. The summed E-state index contributed by atoms with van der Waals surface area (Å²) < 4.78 is 15.7. The van der Waals surface area contributed by atoms with Crippen LogP contribution < -0.4 is 4.90 Å². The molecule has 1 aliphatic heterocycles. The summed E-state index contributed by atoms with van der Waals surface area (Å²) in [5, 5.41) is 4.99. The second-order valence-electron chi connectivity index (χ2n) is 9.53. The lowest BCUT2D eigenvalue weighted by atomic mass is 10.1. The van der Waals surface area contributed by atoms with Gasteiger partial charge >= 0.3 is 0 Å². The minimum absolute atomic E-state index is 0.218. The average molecular weight is 472 g/mol. The van der Waals surface area contributed by atoms with Gasteiger partial charge < -0.3 is 9.80 Å². The molecule has 0 N–H and O–H groups in total. The van der Waals surface area contributed by atoms with E-state index < -0.39 is 0 Å². The Morgan fingerprint density at radius 1 is 1.06 bits per heavy atom. The zero-order chi connectivity index (χ0) is 24.7. The predicted octanol–water partition coefficient (Wildman–Crippen LogP) is 5.03. The van der Waals surface area contributed by atoms with Gasteiger partial charge in [-0.25, -0.2) is 9.07 Å². The van der Waals surface area contributed by atoms with Gasteiger partial charge in [0, 0.05) is 50.7 Å². The highest BCUT2D eigenvalue weighted by Crippen LogP contribution is 2.31. The van der Waals surface area contributed by atoms with Crippen molar-refractivity contribution in [3.63, 3.8) is 0 Å². The zero-order valence-electron chi connectivity index (χ0n) is 21.7. The predicted molar refractivity (Wildman–Crippen MR) is 137 cm³/mol. The Bertz CT molecular complexity index is 916. The van der Waals surface area contributed by atoms with E-state index in [9.17, 15) is 9.18 Å². The molecule has 2 heterocycles. The number of carbonyl (C=O) groups is 1. The molecule has 3 rings (SSSR count). The SMILES string of the molecule is CCCCC(=O)N(CCC)Cc1c(CC)nn(-c2ccc(F)cc2)c1N1CCN(C(C)C)CC1. The Hall–Kier alpha value is -2.41. The third kappa shape index (κ3) is 6.17. The molecule has 7 heteroatoms. The van der Waals surface area contributed by atoms with E-state index in [-0.39, 0.29) is 11.7 Å². The molecule has 188 valence electrons. The largest absolute Gasteiger partial charge is 0.354 e. The lowest BCUT2D eigenvalue weighted by Gasteiger charge is -2.38. The van der Waals surface area contributed by atoms with Crippen molar-refractivity contribution in [3.05, 3.63) is 41.3 Å². The lowest BCUT2D eigenvalue weighted by molar-refractivity contribution is -0.132. The van der Waals surface area contributed by atoms with Gasteiger partial charge in [0.15, 0.2) is 0 Å². The van der Waals surface area contributed by atoms with Crippen molar-refractivity contribution in [2.24, 2.45) is 0 Å². The van der Waals surface area contributed by atoms with Crippen molar-refractivity contribution >= 4 is 11.7 Å². The van der Waals surface area contributed by atoms with Gasteiger partial charge in [-0.2, -0.15) is 5.10 Å². The fourth-order valence-electron chi connectivity index (χ4n) is 4.71. The second kappa shape index (κ2) is 12.3. The van der Waals surface area contributed by atoms with Crippen molar-refractivity contribution < 1.29 is 9.18 Å². The van der Waals surface area contributed by atoms with Crippen molar-refractivity contribution in [2.75, 3.05) is 37.6 Å². The molecule has 0 bridgehead atoms. The summed E-state index contributed by atoms with van der Waals surface area (Å²) in [6.45, 7) is 15.9. The number of anilines is 1. The van der Waals surface area contributed by atoms with Crippen molar-refractivity contribution in [3.8, 4) is 5.69 Å². The number of aryl methyl sites for hydroxylation is 1. The van der Waals surface area contributed by atoms with Crippen LogP contribution in [0.2, 0.25) is 0 Å². The van der Waals surface area contributed by atoms with Crippen molar-refractivity contribution in [1.82, 2.24) is 19.6 Å². The monoisotopic (exact) mass is 471 g/mol. The summed E-state index contributed by atoms with van der Waals surface area (Å²) >= 11 is 0. The molecule has 1 aromatic carbocycles. The van der Waals surface area contributed by atoms with Crippen LogP contribution in [0.25, 0.3) is 5.69 Å². The summed E-state index contributed by atoms with van der Waals surface area (Å²) in [5.74, 6) is 1.02. The van der Waals surface area contributed by atoms with Gasteiger partial charge in [0.25, 0.3) is 0 Å². The summed E-state index contributed by atoms with van der Waals surface area (Å²) in [5.41, 5.74) is 2.99. The van der Waals surface area contributed by atoms with E-state index in [1.165, 1.54) is 12.1 Å². The Morgan fingerprint density at radius 2 is 1.74 bits per heavy atom. The summed E-state index contributed by atoms with van der Waals surface area (Å²) in [6, 6.07) is 7.07. The van der Waals surface area contributed by atoms with E-state index in [0.29, 0.717) is 19.0 Å². The molecule has 0 spiro atoms. The molecule has 1 aromatic heterocycles. The van der Waals surface area contributed by atoms with Crippen LogP contribution in [-0.4, -0.2) is 64.3 Å². The normalized spacial score (nSPS) is 14.7. The first-order valence-electron chi connectivity index (χ1n) is 13.0. The number of piperazine rings is 1. The van der Waals surface area contributed by atoms with Gasteiger partial charge in [-0.15, -0.1) is 0 Å². The highest BCUT2D eigenvalue weighted by molar-refractivity contribution is 5.76. The molecule has 0 radical (unpaired) electrons. The number of hydrogen-bond donors (Lipinski definition) is 0. The number of nitrogens with zero attached hydrogens (tertiary/aromatic N) is 5. The van der Waals surface area contributed by atoms with E-state index in [1.54, 1.807) is 12.1 Å². The van der Waals surface area contributed by atoms with E-state index in [1.807, 2.05) is 9.58 Å². The molecule has 34 heavy (non-hydrogen) atoms. The third-order valence-corrected chi connectivity index (χ3v) is 6.73. The first kappa shape index (κ1) is 26.2. The van der Waals surface area contributed by atoms with Crippen LogP contribution in [0.1, 0.15) is 71.6 Å². The molecule has 0 saturated carbocycles. The van der Waals surface area contributed by atoms with Gasteiger partial charge in [0.05, 0.1) is 17.9 Å². The van der Waals surface area contributed by atoms with Crippen LogP contribution in [0.15, 0.2) is 24.3 Å². The van der Waals surface area contributed by atoms with Crippen LogP contribution in [0.5, 0.6) is 0 Å². The van der Waals surface area contributed by atoms with Crippen molar-refractivity contribution in [1.29, 1.82) is 0 Å². The molecule has 1 saturated heterocycles. The van der Waals surface area contributed by atoms with Crippen LogP contribution in [-0.2, 0) is 17.8 Å². The number of hydrogen-bond acceptors (Lipinski definition) is 4. The van der Waals surface area contributed by atoms with Gasteiger partial charge in [-0.05, 0) is 57.4 Å². The van der Waals surface area contributed by atoms with E-state index in [0.717, 1.165) is 81.2 Å². The standard InChI is InChI=1S/C27H42FN5O/c1-6-9-10-26(34)32(15-7-2)20-24-25(8-3)29-33(23-13-11-22(28)12-14-23)27(24)31-18-16-30(17-19-31)21(4)5/h11-14,21H,6-10,15-20H2,1-5H3. The molecule has 1 amide bonds. The maximum Gasteiger partial charge on any atom is 0.222 e.